The zero-order chi connectivity index (χ0) is 20.6. The molecule has 0 saturated heterocycles. The molecule has 1 aromatic carbocycles. The van der Waals surface area contributed by atoms with Crippen molar-refractivity contribution in [2.45, 2.75) is 68.2 Å². The van der Waals surface area contributed by atoms with Gasteiger partial charge < -0.3 is 0 Å². The summed E-state index contributed by atoms with van der Waals surface area (Å²) >= 11 is 0. The molecule has 0 spiro atoms. The second kappa shape index (κ2) is 7.77. The fourth-order valence-corrected chi connectivity index (χ4v) is 4.57. The third-order valence-electron chi connectivity index (χ3n) is 6.25. The van der Waals surface area contributed by atoms with Crippen molar-refractivity contribution in [3.63, 3.8) is 0 Å². The number of hydrogen-bond acceptors (Lipinski definition) is 2. The number of carbonyl (C=O) groups excluding carboxylic acids is 2. The smallest absolute Gasteiger partial charge is 0.261 e. The fraction of sp³-hybridized carbons (Fsp3) is 0.667. The average molecular weight is 372 g/mol. The minimum atomic E-state index is -0.138. The molecule has 1 unspecified atom stereocenters. The van der Waals surface area contributed by atoms with Crippen molar-refractivity contribution in [2.75, 3.05) is 6.54 Å². The number of nitrogens with zero attached hydrogens (tertiary/aromatic N) is 1. The fourth-order valence-electron chi connectivity index (χ4n) is 4.57. The van der Waals surface area contributed by atoms with Gasteiger partial charge in [-0.1, -0.05) is 67.5 Å². The Morgan fingerprint density at radius 1 is 0.815 bits per heavy atom. The molecule has 0 saturated carbocycles. The van der Waals surface area contributed by atoms with Gasteiger partial charge in [0.25, 0.3) is 11.8 Å². The predicted octanol–water partition coefficient (Wildman–Crippen LogP) is 6.04. The Labute approximate surface area is 165 Å². The van der Waals surface area contributed by atoms with E-state index < -0.39 is 0 Å². The van der Waals surface area contributed by atoms with Crippen LogP contribution in [-0.2, 0) is 0 Å². The Bertz CT molecular complexity index is 656. The van der Waals surface area contributed by atoms with E-state index in [0.29, 0.717) is 29.5 Å². The summed E-state index contributed by atoms with van der Waals surface area (Å²) in [6.45, 7) is 18.7. The maximum Gasteiger partial charge on any atom is 0.261 e. The Morgan fingerprint density at radius 3 is 1.67 bits per heavy atom. The van der Waals surface area contributed by atoms with Gasteiger partial charge in [-0.25, -0.2) is 0 Å². The van der Waals surface area contributed by atoms with Crippen molar-refractivity contribution in [1.82, 2.24) is 4.90 Å². The van der Waals surface area contributed by atoms with Crippen molar-refractivity contribution in [1.29, 1.82) is 0 Å². The van der Waals surface area contributed by atoms with Gasteiger partial charge in [0.1, 0.15) is 0 Å². The molecular weight excluding hydrogens is 334 g/mol. The van der Waals surface area contributed by atoms with Crippen LogP contribution >= 0.6 is 0 Å². The Balaban J connectivity index is 2.17. The zero-order valence-corrected chi connectivity index (χ0v) is 18.4. The van der Waals surface area contributed by atoms with Crippen LogP contribution in [0.1, 0.15) is 88.9 Å². The molecule has 0 N–H and O–H groups in total. The molecule has 2 atom stereocenters. The van der Waals surface area contributed by atoms with Gasteiger partial charge in [0.05, 0.1) is 11.1 Å². The normalized spacial score (nSPS) is 17.4. The number of benzene rings is 1. The van der Waals surface area contributed by atoms with Crippen LogP contribution in [0.25, 0.3) is 0 Å². The van der Waals surface area contributed by atoms with Crippen LogP contribution in [0.4, 0.5) is 0 Å². The first kappa shape index (κ1) is 21.7. The zero-order valence-electron chi connectivity index (χ0n) is 18.4. The monoisotopic (exact) mass is 371 g/mol. The lowest BCUT2D eigenvalue weighted by atomic mass is 9.69. The number of amides is 2. The Kier molecular flexibility index (Phi) is 6.23. The molecule has 150 valence electrons. The van der Waals surface area contributed by atoms with Crippen LogP contribution in [0.3, 0.4) is 0 Å². The summed E-state index contributed by atoms with van der Waals surface area (Å²) in [6.07, 6.45) is 2.14. The summed E-state index contributed by atoms with van der Waals surface area (Å²) in [4.78, 5) is 27.0. The highest BCUT2D eigenvalue weighted by Gasteiger charge is 2.39. The first-order chi connectivity index (χ1) is 12.3. The molecule has 0 aromatic heterocycles. The molecule has 2 amide bonds. The van der Waals surface area contributed by atoms with Crippen LogP contribution in [0.2, 0.25) is 0 Å². The number of imide groups is 1. The summed E-state index contributed by atoms with van der Waals surface area (Å²) < 4.78 is 0. The molecule has 0 aliphatic carbocycles. The second-order valence-corrected chi connectivity index (χ2v) is 10.6. The highest BCUT2D eigenvalue weighted by Crippen LogP contribution is 2.40. The van der Waals surface area contributed by atoms with Gasteiger partial charge in [-0.3, -0.25) is 14.5 Å². The van der Waals surface area contributed by atoms with Crippen LogP contribution in [0, 0.1) is 28.6 Å². The average Bonchev–Trinajstić information content (AvgIpc) is 2.76. The second-order valence-electron chi connectivity index (χ2n) is 10.6. The van der Waals surface area contributed by atoms with E-state index in [1.165, 1.54) is 4.90 Å². The lowest BCUT2D eigenvalue weighted by Gasteiger charge is -2.38. The van der Waals surface area contributed by atoms with Gasteiger partial charge in [0.2, 0.25) is 0 Å². The molecule has 27 heavy (non-hydrogen) atoms. The van der Waals surface area contributed by atoms with Gasteiger partial charge in [-0.2, -0.15) is 0 Å². The summed E-state index contributed by atoms with van der Waals surface area (Å²) in [6, 6.07) is 7.17. The number of carbonyl (C=O) groups is 2. The Morgan fingerprint density at radius 2 is 1.30 bits per heavy atom. The highest BCUT2D eigenvalue weighted by molar-refractivity contribution is 6.21. The molecular formula is C24H37NO2. The summed E-state index contributed by atoms with van der Waals surface area (Å²) in [5.41, 5.74) is 1.38. The van der Waals surface area contributed by atoms with Crippen LogP contribution in [0.15, 0.2) is 24.3 Å². The quantitative estimate of drug-likeness (QED) is 0.571. The third-order valence-corrected chi connectivity index (χ3v) is 6.25. The minimum absolute atomic E-state index is 0.0365. The van der Waals surface area contributed by atoms with Crippen LogP contribution in [0.5, 0.6) is 0 Å². The van der Waals surface area contributed by atoms with E-state index in [0.717, 1.165) is 12.8 Å². The largest absolute Gasteiger partial charge is 0.274 e. The molecule has 1 heterocycles. The third kappa shape index (κ3) is 4.80. The minimum Gasteiger partial charge on any atom is -0.274 e. The SMILES string of the molecule is CC(C)C(CC[C@H](CN1C(=O)c2ccccc2C1=O)C(C)(C)C)C(C)(C)C. The van der Waals surface area contributed by atoms with Crippen molar-refractivity contribution < 1.29 is 9.59 Å². The van der Waals surface area contributed by atoms with Gasteiger partial charge in [0, 0.05) is 6.54 Å². The molecule has 3 heteroatoms. The van der Waals surface area contributed by atoms with Crippen molar-refractivity contribution >= 4 is 11.8 Å². The summed E-state index contributed by atoms with van der Waals surface area (Å²) in [7, 11) is 0. The molecule has 1 aliphatic heterocycles. The molecule has 0 fully saturated rings. The van der Waals surface area contributed by atoms with Crippen LogP contribution in [-0.4, -0.2) is 23.3 Å². The topological polar surface area (TPSA) is 37.4 Å². The maximum absolute atomic E-state index is 12.8. The first-order valence-corrected chi connectivity index (χ1v) is 10.3. The van der Waals surface area contributed by atoms with E-state index in [9.17, 15) is 9.59 Å². The van der Waals surface area contributed by atoms with Gasteiger partial charge >= 0.3 is 0 Å². The van der Waals surface area contributed by atoms with E-state index in [1.54, 1.807) is 12.1 Å². The van der Waals surface area contributed by atoms with Crippen molar-refractivity contribution in [2.24, 2.45) is 28.6 Å². The highest BCUT2D eigenvalue weighted by atomic mass is 16.2. The van der Waals surface area contributed by atoms with Crippen LogP contribution < -0.4 is 0 Å². The standard InChI is InChI=1S/C24H37NO2/c1-16(2)20(24(6,7)8)14-13-17(23(3,4)5)15-25-21(26)18-11-9-10-12-19(18)22(25)27/h9-12,16-17,20H,13-15H2,1-8H3/t17-,20?/m1/s1. The Hall–Kier alpha value is -1.64. The van der Waals surface area contributed by atoms with E-state index in [1.807, 2.05) is 12.1 Å². The molecule has 0 bridgehead atoms. The molecule has 2 rings (SSSR count). The van der Waals surface area contributed by atoms with E-state index in [2.05, 4.69) is 55.4 Å². The van der Waals surface area contributed by atoms with Gasteiger partial charge in [0.15, 0.2) is 0 Å². The van der Waals surface area contributed by atoms with E-state index in [-0.39, 0.29) is 28.6 Å². The first-order valence-electron chi connectivity index (χ1n) is 10.3. The summed E-state index contributed by atoms with van der Waals surface area (Å²) in [5.74, 6) is 1.24. The van der Waals surface area contributed by atoms with Gasteiger partial charge in [-0.05, 0) is 53.6 Å². The lowest BCUT2D eigenvalue weighted by molar-refractivity contribution is 0.0554. The van der Waals surface area contributed by atoms with Crippen molar-refractivity contribution in [3.05, 3.63) is 35.4 Å². The van der Waals surface area contributed by atoms with Crippen molar-refractivity contribution in [3.8, 4) is 0 Å². The van der Waals surface area contributed by atoms with Gasteiger partial charge in [-0.15, -0.1) is 0 Å². The molecule has 3 nitrogen and oxygen atoms in total. The van der Waals surface area contributed by atoms with E-state index >= 15 is 0 Å². The van der Waals surface area contributed by atoms with E-state index in [4.69, 9.17) is 0 Å². The lowest BCUT2D eigenvalue weighted by Crippen LogP contribution is -2.39. The number of rotatable bonds is 6. The maximum atomic E-state index is 12.8. The number of fused-ring (bicyclic) bond motifs is 1. The molecule has 0 radical (unpaired) electrons. The molecule has 1 aromatic rings. The number of hydrogen-bond donors (Lipinski definition) is 0. The summed E-state index contributed by atoms with van der Waals surface area (Å²) in [5, 5.41) is 0. The molecule has 1 aliphatic rings. The predicted molar refractivity (Wildman–Crippen MR) is 112 cm³/mol.